The summed E-state index contributed by atoms with van der Waals surface area (Å²) in [5.41, 5.74) is 1.98. The molecule has 1 saturated heterocycles. The molecule has 2 fully saturated rings. The Kier molecular flexibility index (Phi) is 3.17. The Morgan fingerprint density at radius 1 is 1.24 bits per heavy atom. The van der Waals surface area contributed by atoms with Crippen molar-refractivity contribution < 1.29 is 0 Å². The van der Waals surface area contributed by atoms with Gasteiger partial charge in [0.2, 0.25) is 0 Å². The summed E-state index contributed by atoms with van der Waals surface area (Å²) in [6, 6.07) is 11.7. The highest BCUT2D eigenvalue weighted by Crippen LogP contribution is 2.47. The maximum Gasteiger partial charge on any atom is 0.0193 e. The Hall–Kier alpha value is -0.860. The molecule has 2 heteroatoms. The van der Waals surface area contributed by atoms with E-state index in [2.05, 4.69) is 41.0 Å². The van der Waals surface area contributed by atoms with Crippen molar-refractivity contribution in [3.63, 3.8) is 0 Å². The molecule has 2 nitrogen and oxygen atoms in total. The predicted octanol–water partition coefficient (Wildman–Crippen LogP) is 2.06. The standard InChI is InChI=1S/C15H22N2/c1-2-5-13(6-3-1)15(8-9-15)12-17-14-7-4-10-16-11-14/h1-3,5-6,14,16-17H,4,7-12H2. The maximum atomic E-state index is 3.76. The van der Waals surface area contributed by atoms with Crippen molar-refractivity contribution in [2.24, 2.45) is 0 Å². The first-order valence-corrected chi connectivity index (χ1v) is 6.89. The van der Waals surface area contributed by atoms with Gasteiger partial charge in [-0.2, -0.15) is 0 Å². The predicted molar refractivity (Wildman–Crippen MR) is 71.2 cm³/mol. The van der Waals surface area contributed by atoms with Crippen molar-refractivity contribution in [1.82, 2.24) is 10.6 Å². The Morgan fingerprint density at radius 3 is 2.71 bits per heavy atom. The fraction of sp³-hybridized carbons (Fsp3) is 0.600. The summed E-state index contributed by atoms with van der Waals surface area (Å²) >= 11 is 0. The molecule has 0 radical (unpaired) electrons. The number of nitrogens with one attached hydrogen (secondary N) is 2. The zero-order valence-electron chi connectivity index (χ0n) is 10.4. The first-order chi connectivity index (χ1) is 8.39. The molecule has 92 valence electrons. The molecule has 1 aliphatic carbocycles. The van der Waals surface area contributed by atoms with E-state index in [1.165, 1.54) is 37.8 Å². The zero-order chi connectivity index (χ0) is 11.6. The third-order valence-electron chi connectivity index (χ3n) is 4.27. The van der Waals surface area contributed by atoms with Crippen LogP contribution in [0.3, 0.4) is 0 Å². The summed E-state index contributed by atoms with van der Waals surface area (Å²) in [5, 5.41) is 7.23. The average molecular weight is 230 g/mol. The molecular formula is C15H22N2. The van der Waals surface area contributed by atoms with Crippen LogP contribution in [0, 0.1) is 0 Å². The van der Waals surface area contributed by atoms with Gasteiger partial charge in [-0.1, -0.05) is 30.3 Å². The molecule has 1 aromatic carbocycles. The monoisotopic (exact) mass is 230 g/mol. The topological polar surface area (TPSA) is 24.1 Å². The van der Waals surface area contributed by atoms with Crippen molar-refractivity contribution in [3.05, 3.63) is 35.9 Å². The van der Waals surface area contributed by atoms with E-state index in [0.717, 1.165) is 13.1 Å². The van der Waals surface area contributed by atoms with Gasteiger partial charge in [0.15, 0.2) is 0 Å². The van der Waals surface area contributed by atoms with Gasteiger partial charge in [0.25, 0.3) is 0 Å². The normalized spacial score (nSPS) is 26.7. The van der Waals surface area contributed by atoms with Crippen LogP contribution in [-0.2, 0) is 5.41 Å². The van der Waals surface area contributed by atoms with Crippen LogP contribution in [0.5, 0.6) is 0 Å². The first-order valence-electron chi connectivity index (χ1n) is 6.89. The molecule has 17 heavy (non-hydrogen) atoms. The van der Waals surface area contributed by atoms with Crippen LogP contribution >= 0.6 is 0 Å². The third-order valence-corrected chi connectivity index (χ3v) is 4.27. The molecule has 2 N–H and O–H groups in total. The van der Waals surface area contributed by atoms with E-state index in [1.54, 1.807) is 0 Å². The van der Waals surface area contributed by atoms with Crippen LogP contribution in [0.15, 0.2) is 30.3 Å². The number of hydrogen-bond donors (Lipinski definition) is 2. The second kappa shape index (κ2) is 4.79. The summed E-state index contributed by atoms with van der Waals surface area (Å²) < 4.78 is 0. The van der Waals surface area contributed by atoms with Crippen LogP contribution in [-0.4, -0.2) is 25.7 Å². The average Bonchev–Trinajstić information content (AvgIpc) is 3.20. The lowest BCUT2D eigenvalue weighted by molar-refractivity contribution is 0.376. The second-order valence-electron chi connectivity index (χ2n) is 5.57. The quantitative estimate of drug-likeness (QED) is 0.827. The van der Waals surface area contributed by atoms with E-state index in [0.29, 0.717) is 11.5 Å². The van der Waals surface area contributed by atoms with E-state index in [9.17, 15) is 0 Å². The summed E-state index contributed by atoms with van der Waals surface area (Å²) in [7, 11) is 0. The van der Waals surface area contributed by atoms with Crippen molar-refractivity contribution >= 4 is 0 Å². The summed E-state index contributed by atoms with van der Waals surface area (Å²) in [6.45, 7) is 3.50. The molecule has 1 aromatic rings. The molecule has 3 rings (SSSR count). The minimum Gasteiger partial charge on any atom is -0.315 e. The number of rotatable bonds is 4. The van der Waals surface area contributed by atoms with Gasteiger partial charge in [-0.05, 0) is 37.8 Å². The summed E-state index contributed by atoms with van der Waals surface area (Å²) in [4.78, 5) is 0. The van der Waals surface area contributed by atoms with Gasteiger partial charge in [-0.15, -0.1) is 0 Å². The summed E-state index contributed by atoms with van der Waals surface area (Å²) in [5.74, 6) is 0. The highest BCUT2D eigenvalue weighted by atomic mass is 15.0. The van der Waals surface area contributed by atoms with Crippen molar-refractivity contribution in [2.75, 3.05) is 19.6 Å². The molecule has 1 atom stereocenters. The molecule has 0 aromatic heterocycles. The van der Waals surface area contributed by atoms with Gasteiger partial charge in [0, 0.05) is 24.5 Å². The Balaban J connectivity index is 1.57. The number of piperidine rings is 1. The molecule has 0 amide bonds. The summed E-state index contributed by atoms with van der Waals surface area (Å²) in [6.07, 6.45) is 5.35. The zero-order valence-corrected chi connectivity index (χ0v) is 10.4. The van der Waals surface area contributed by atoms with Gasteiger partial charge in [0.05, 0.1) is 0 Å². The molecule has 1 unspecified atom stereocenters. The molecule has 0 spiro atoms. The van der Waals surface area contributed by atoms with Gasteiger partial charge >= 0.3 is 0 Å². The first kappa shape index (κ1) is 11.2. The Morgan fingerprint density at radius 2 is 2.06 bits per heavy atom. The van der Waals surface area contributed by atoms with Gasteiger partial charge in [-0.25, -0.2) is 0 Å². The van der Waals surface area contributed by atoms with Gasteiger partial charge in [-0.3, -0.25) is 0 Å². The smallest absolute Gasteiger partial charge is 0.0193 e. The lowest BCUT2D eigenvalue weighted by atomic mass is 9.95. The van der Waals surface area contributed by atoms with Crippen LogP contribution in [0.25, 0.3) is 0 Å². The largest absolute Gasteiger partial charge is 0.315 e. The van der Waals surface area contributed by atoms with E-state index in [1.807, 2.05) is 0 Å². The van der Waals surface area contributed by atoms with Gasteiger partial charge < -0.3 is 10.6 Å². The van der Waals surface area contributed by atoms with Crippen LogP contribution in [0.4, 0.5) is 0 Å². The van der Waals surface area contributed by atoms with Crippen molar-refractivity contribution in [2.45, 2.75) is 37.1 Å². The highest BCUT2D eigenvalue weighted by Gasteiger charge is 2.43. The fourth-order valence-corrected chi connectivity index (χ4v) is 2.88. The molecule has 1 saturated carbocycles. The number of benzene rings is 1. The fourth-order valence-electron chi connectivity index (χ4n) is 2.88. The van der Waals surface area contributed by atoms with E-state index in [4.69, 9.17) is 0 Å². The minimum atomic E-state index is 0.457. The van der Waals surface area contributed by atoms with E-state index in [-0.39, 0.29) is 0 Å². The van der Waals surface area contributed by atoms with Gasteiger partial charge in [0.1, 0.15) is 0 Å². The third kappa shape index (κ3) is 2.53. The Bertz CT molecular complexity index is 350. The second-order valence-corrected chi connectivity index (χ2v) is 5.57. The lowest BCUT2D eigenvalue weighted by Crippen LogP contribution is -2.45. The van der Waals surface area contributed by atoms with E-state index >= 15 is 0 Å². The lowest BCUT2D eigenvalue weighted by Gasteiger charge is -2.26. The molecule has 2 aliphatic rings. The molecule has 1 aliphatic heterocycles. The Labute approximate surface area is 104 Å². The molecular weight excluding hydrogens is 208 g/mol. The van der Waals surface area contributed by atoms with Crippen LogP contribution < -0.4 is 10.6 Å². The molecule has 1 heterocycles. The minimum absolute atomic E-state index is 0.457. The molecule has 0 bridgehead atoms. The highest BCUT2D eigenvalue weighted by molar-refractivity contribution is 5.31. The van der Waals surface area contributed by atoms with E-state index < -0.39 is 0 Å². The SMILES string of the molecule is c1ccc(C2(CNC3CCCNC3)CC2)cc1. The number of hydrogen-bond acceptors (Lipinski definition) is 2. The van der Waals surface area contributed by atoms with Crippen LogP contribution in [0.2, 0.25) is 0 Å². The van der Waals surface area contributed by atoms with Crippen molar-refractivity contribution in [1.29, 1.82) is 0 Å². The van der Waals surface area contributed by atoms with Crippen LogP contribution in [0.1, 0.15) is 31.2 Å². The van der Waals surface area contributed by atoms with Crippen molar-refractivity contribution in [3.8, 4) is 0 Å². The maximum absolute atomic E-state index is 3.76.